The van der Waals surface area contributed by atoms with Crippen molar-refractivity contribution < 1.29 is 4.79 Å². The Bertz CT molecular complexity index is 546. The van der Waals surface area contributed by atoms with E-state index in [9.17, 15) is 4.79 Å². The second kappa shape index (κ2) is 6.55. The number of benzene rings is 2. The van der Waals surface area contributed by atoms with Crippen LogP contribution in [0.25, 0.3) is 0 Å². The van der Waals surface area contributed by atoms with Gasteiger partial charge in [-0.3, -0.25) is 4.79 Å². The maximum atomic E-state index is 11.9. The molecule has 0 bridgehead atoms. The van der Waals surface area contributed by atoms with Crippen LogP contribution in [-0.4, -0.2) is 17.7 Å². The smallest absolute Gasteiger partial charge is 0.187 e. The predicted octanol–water partition coefficient (Wildman–Crippen LogP) is 3.52. The van der Waals surface area contributed by atoms with Gasteiger partial charge in [-0.1, -0.05) is 60.7 Å². The van der Waals surface area contributed by atoms with Crippen molar-refractivity contribution in [3.63, 3.8) is 0 Å². The topological polar surface area (TPSA) is 20.3 Å². The molecule has 0 aromatic heterocycles. The minimum absolute atomic E-state index is 0.0283. The van der Waals surface area contributed by atoms with Crippen LogP contribution in [0, 0.1) is 0 Å². The summed E-state index contributed by atoms with van der Waals surface area (Å²) in [6, 6.07) is 19.5. The lowest BCUT2D eigenvalue weighted by Crippen LogP contribution is -2.10. The minimum atomic E-state index is 0.0283. The first-order valence-corrected chi connectivity index (χ1v) is 6.27. The fourth-order valence-electron chi connectivity index (χ4n) is 1.82. The van der Waals surface area contributed by atoms with Crippen LogP contribution in [0.1, 0.15) is 15.9 Å². The molecule has 0 fully saturated rings. The Morgan fingerprint density at radius 1 is 1.00 bits per heavy atom. The van der Waals surface area contributed by atoms with Crippen molar-refractivity contribution in [1.29, 1.82) is 0 Å². The Hall–Kier alpha value is -2.35. The van der Waals surface area contributed by atoms with Crippen LogP contribution in [0.4, 0.5) is 0 Å². The molecule has 0 saturated carbocycles. The van der Waals surface area contributed by atoms with Gasteiger partial charge in [0.1, 0.15) is 0 Å². The van der Waals surface area contributed by atoms with E-state index < -0.39 is 0 Å². The number of carbonyl (C=O) groups excluding carboxylic acids is 1. The fourth-order valence-corrected chi connectivity index (χ4v) is 1.82. The molecule has 0 aliphatic rings. The van der Waals surface area contributed by atoms with Crippen molar-refractivity contribution in [2.24, 2.45) is 0 Å². The van der Waals surface area contributed by atoms with Crippen LogP contribution in [0.2, 0.25) is 0 Å². The summed E-state index contributed by atoms with van der Waals surface area (Å²) in [6.45, 7) is 0.791. The molecule has 19 heavy (non-hydrogen) atoms. The van der Waals surface area contributed by atoms with E-state index in [4.69, 9.17) is 0 Å². The average Bonchev–Trinajstić information content (AvgIpc) is 2.47. The first kappa shape index (κ1) is 13.1. The van der Waals surface area contributed by atoms with Gasteiger partial charge in [0.25, 0.3) is 0 Å². The largest absolute Gasteiger partial charge is 0.376 e. The number of hydrogen-bond acceptors (Lipinski definition) is 2. The van der Waals surface area contributed by atoms with Gasteiger partial charge in [-0.05, 0) is 5.56 Å². The van der Waals surface area contributed by atoms with Crippen LogP contribution >= 0.6 is 0 Å². The third kappa shape index (κ3) is 4.11. The van der Waals surface area contributed by atoms with Gasteiger partial charge >= 0.3 is 0 Å². The quantitative estimate of drug-likeness (QED) is 0.598. The van der Waals surface area contributed by atoms with Gasteiger partial charge < -0.3 is 4.90 Å². The number of ketones is 1. The molecule has 0 atom stereocenters. The monoisotopic (exact) mass is 251 g/mol. The van der Waals surface area contributed by atoms with Crippen molar-refractivity contribution in [3.8, 4) is 0 Å². The lowest BCUT2D eigenvalue weighted by Gasteiger charge is -2.13. The van der Waals surface area contributed by atoms with E-state index >= 15 is 0 Å². The normalized spacial score (nSPS) is 10.6. The molecule has 2 heteroatoms. The SMILES string of the molecule is CN(/C=C/C(=O)c1ccccc1)Cc1ccccc1. The van der Waals surface area contributed by atoms with Gasteiger partial charge in [-0.2, -0.15) is 0 Å². The average molecular weight is 251 g/mol. The number of carbonyl (C=O) groups is 1. The Kier molecular flexibility index (Phi) is 4.51. The molecule has 2 rings (SSSR count). The second-order valence-electron chi connectivity index (χ2n) is 4.45. The van der Waals surface area contributed by atoms with Gasteiger partial charge in [0.15, 0.2) is 5.78 Å². The molecule has 96 valence electrons. The van der Waals surface area contributed by atoms with Gasteiger partial charge in [-0.15, -0.1) is 0 Å². The Morgan fingerprint density at radius 2 is 1.58 bits per heavy atom. The van der Waals surface area contributed by atoms with Crippen molar-refractivity contribution in [1.82, 2.24) is 4.90 Å². The van der Waals surface area contributed by atoms with Gasteiger partial charge in [0.05, 0.1) is 0 Å². The second-order valence-corrected chi connectivity index (χ2v) is 4.45. The van der Waals surface area contributed by atoms with E-state index in [0.29, 0.717) is 5.56 Å². The van der Waals surface area contributed by atoms with Crippen molar-refractivity contribution >= 4 is 5.78 Å². The molecule has 0 saturated heterocycles. The van der Waals surface area contributed by atoms with Crippen LogP contribution < -0.4 is 0 Å². The third-order valence-corrected chi connectivity index (χ3v) is 2.81. The highest BCUT2D eigenvalue weighted by atomic mass is 16.1. The van der Waals surface area contributed by atoms with Crippen LogP contribution in [-0.2, 0) is 6.54 Å². The van der Waals surface area contributed by atoms with Crippen molar-refractivity contribution in [3.05, 3.63) is 84.1 Å². The summed E-state index contributed by atoms with van der Waals surface area (Å²) in [4.78, 5) is 13.9. The van der Waals surface area contributed by atoms with Gasteiger partial charge in [-0.25, -0.2) is 0 Å². The van der Waals surface area contributed by atoms with Gasteiger partial charge in [0.2, 0.25) is 0 Å². The molecule has 0 radical (unpaired) electrons. The zero-order valence-corrected chi connectivity index (χ0v) is 11.0. The number of nitrogens with zero attached hydrogens (tertiary/aromatic N) is 1. The molecule has 0 unspecified atom stereocenters. The molecular formula is C17H17NO. The molecule has 0 heterocycles. The summed E-state index contributed by atoms with van der Waals surface area (Å²) in [5.41, 5.74) is 1.94. The summed E-state index contributed by atoms with van der Waals surface area (Å²) in [5.74, 6) is 0.0283. The molecule has 0 aliphatic carbocycles. The summed E-state index contributed by atoms with van der Waals surface area (Å²) in [5, 5.41) is 0. The molecule has 2 aromatic carbocycles. The number of hydrogen-bond donors (Lipinski definition) is 0. The van der Waals surface area contributed by atoms with E-state index in [-0.39, 0.29) is 5.78 Å². The zero-order valence-electron chi connectivity index (χ0n) is 11.0. The highest BCUT2D eigenvalue weighted by molar-refractivity contribution is 6.04. The molecule has 0 N–H and O–H groups in total. The summed E-state index contributed by atoms with van der Waals surface area (Å²) < 4.78 is 0. The maximum Gasteiger partial charge on any atom is 0.187 e. The maximum absolute atomic E-state index is 11.9. The highest BCUT2D eigenvalue weighted by Gasteiger charge is 2.00. The zero-order chi connectivity index (χ0) is 13.5. The standard InChI is InChI=1S/C17H17NO/c1-18(14-15-8-4-2-5-9-15)13-12-17(19)16-10-6-3-7-11-16/h2-13H,14H2,1H3/b13-12+. The van der Waals surface area contributed by atoms with Crippen LogP contribution in [0.3, 0.4) is 0 Å². The molecule has 0 spiro atoms. The first-order chi connectivity index (χ1) is 9.25. The predicted molar refractivity (Wildman–Crippen MR) is 77.8 cm³/mol. The Labute approximate surface area is 114 Å². The highest BCUT2D eigenvalue weighted by Crippen LogP contribution is 2.04. The Balaban J connectivity index is 1.94. The molecule has 2 nitrogen and oxygen atoms in total. The third-order valence-electron chi connectivity index (χ3n) is 2.81. The summed E-state index contributed by atoms with van der Waals surface area (Å²) in [6.07, 6.45) is 3.43. The number of rotatable bonds is 5. The van der Waals surface area contributed by atoms with E-state index in [1.807, 2.05) is 66.7 Å². The van der Waals surface area contributed by atoms with Crippen molar-refractivity contribution in [2.75, 3.05) is 7.05 Å². The van der Waals surface area contributed by atoms with E-state index in [2.05, 4.69) is 12.1 Å². The molecular weight excluding hydrogens is 234 g/mol. The number of allylic oxidation sites excluding steroid dienone is 1. The van der Waals surface area contributed by atoms with E-state index in [0.717, 1.165) is 6.54 Å². The Morgan fingerprint density at radius 3 is 2.21 bits per heavy atom. The minimum Gasteiger partial charge on any atom is -0.376 e. The summed E-state index contributed by atoms with van der Waals surface area (Å²) >= 11 is 0. The molecule has 2 aromatic rings. The fraction of sp³-hybridized carbons (Fsp3) is 0.118. The molecule has 0 aliphatic heterocycles. The summed E-state index contributed by atoms with van der Waals surface area (Å²) in [7, 11) is 1.96. The van der Waals surface area contributed by atoms with Gasteiger partial charge in [0, 0.05) is 31.4 Å². The first-order valence-electron chi connectivity index (χ1n) is 6.27. The van der Waals surface area contributed by atoms with E-state index in [1.165, 1.54) is 5.56 Å². The van der Waals surface area contributed by atoms with Crippen LogP contribution in [0.15, 0.2) is 72.9 Å². The van der Waals surface area contributed by atoms with E-state index in [1.54, 1.807) is 6.08 Å². The molecule has 0 amide bonds. The lowest BCUT2D eigenvalue weighted by molar-refractivity contribution is 0.104. The van der Waals surface area contributed by atoms with Crippen molar-refractivity contribution in [2.45, 2.75) is 6.54 Å². The van der Waals surface area contributed by atoms with Crippen LogP contribution in [0.5, 0.6) is 0 Å². The lowest BCUT2D eigenvalue weighted by atomic mass is 10.1.